The largest absolute Gasteiger partial charge is 0.329 e. The number of nitrogens with one attached hydrogen (secondary N) is 1. The number of pyridine rings is 1. The van der Waals surface area contributed by atoms with Crippen LogP contribution in [0, 0.1) is 13.8 Å². The van der Waals surface area contributed by atoms with E-state index < -0.39 is 0 Å². The highest BCUT2D eigenvalue weighted by Gasteiger charge is 1.89. The third kappa shape index (κ3) is 3.03. The van der Waals surface area contributed by atoms with Crippen molar-refractivity contribution in [3.8, 4) is 0 Å². The average Bonchev–Trinajstić information content (AvgIpc) is 2.02. The van der Waals surface area contributed by atoms with E-state index in [0.717, 1.165) is 11.1 Å². The molecule has 0 saturated carbocycles. The fourth-order valence-electron chi connectivity index (χ4n) is 0.742. The van der Waals surface area contributed by atoms with Crippen LogP contribution in [0.25, 0.3) is 0 Å². The van der Waals surface area contributed by atoms with E-state index in [0.29, 0.717) is 0 Å². The van der Waals surface area contributed by atoms with Crippen molar-refractivity contribution in [2.45, 2.75) is 27.7 Å². The number of aromatic amines is 1. The van der Waals surface area contributed by atoms with Gasteiger partial charge in [-0.3, -0.25) is 4.79 Å². The molecular weight excluding hydrogens is 138 g/mol. The first-order valence-electron chi connectivity index (χ1n) is 3.86. The maximum Gasteiger partial charge on any atom is 0.250 e. The summed E-state index contributed by atoms with van der Waals surface area (Å²) in [5, 5.41) is 0. The summed E-state index contributed by atoms with van der Waals surface area (Å²) in [4.78, 5) is 13.3. The Hall–Kier alpha value is -1.05. The minimum absolute atomic E-state index is 0.000556. The van der Waals surface area contributed by atoms with Gasteiger partial charge in [-0.15, -0.1) is 0 Å². The van der Waals surface area contributed by atoms with Crippen LogP contribution < -0.4 is 5.56 Å². The zero-order valence-electron chi connectivity index (χ0n) is 7.56. The topological polar surface area (TPSA) is 32.9 Å². The Labute approximate surface area is 67.3 Å². The molecule has 0 atom stereocenters. The van der Waals surface area contributed by atoms with Crippen molar-refractivity contribution in [1.29, 1.82) is 0 Å². The van der Waals surface area contributed by atoms with E-state index in [2.05, 4.69) is 4.98 Å². The van der Waals surface area contributed by atoms with Crippen LogP contribution in [-0.2, 0) is 0 Å². The van der Waals surface area contributed by atoms with E-state index in [1.54, 1.807) is 13.1 Å². The van der Waals surface area contributed by atoms with Crippen molar-refractivity contribution in [1.82, 2.24) is 4.98 Å². The summed E-state index contributed by atoms with van der Waals surface area (Å²) in [6, 6.07) is 1.86. The SMILES string of the molecule is CC.Cc1c[nH]c(=O)c(C)c1. The molecule has 0 fully saturated rings. The second-order valence-electron chi connectivity index (χ2n) is 2.19. The fraction of sp³-hybridized carbons (Fsp3) is 0.444. The van der Waals surface area contributed by atoms with Crippen LogP contribution in [-0.4, -0.2) is 4.98 Å². The zero-order chi connectivity index (χ0) is 8.85. The summed E-state index contributed by atoms with van der Waals surface area (Å²) in [5.41, 5.74) is 1.86. The zero-order valence-corrected chi connectivity index (χ0v) is 7.56. The summed E-state index contributed by atoms with van der Waals surface area (Å²) < 4.78 is 0. The van der Waals surface area contributed by atoms with Crippen LogP contribution in [0.4, 0.5) is 0 Å². The third-order valence-electron chi connectivity index (χ3n) is 1.23. The lowest BCUT2D eigenvalue weighted by Crippen LogP contribution is -2.07. The highest BCUT2D eigenvalue weighted by atomic mass is 16.1. The Kier molecular flexibility index (Phi) is 4.27. The van der Waals surface area contributed by atoms with Gasteiger partial charge in [-0.25, -0.2) is 0 Å². The first-order chi connectivity index (χ1) is 5.20. The number of rotatable bonds is 0. The lowest BCUT2D eigenvalue weighted by atomic mass is 10.2. The number of aryl methyl sites for hydroxylation is 2. The van der Waals surface area contributed by atoms with Crippen LogP contribution in [0.5, 0.6) is 0 Å². The number of aromatic nitrogens is 1. The maximum absolute atomic E-state index is 10.7. The van der Waals surface area contributed by atoms with Gasteiger partial charge in [0, 0.05) is 11.8 Å². The van der Waals surface area contributed by atoms with Crippen molar-refractivity contribution < 1.29 is 0 Å². The maximum atomic E-state index is 10.7. The second-order valence-corrected chi connectivity index (χ2v) is 2.19. The Morgan fingerprint density at radius 3 is 2.18 bits per heavy atom. The average molecular weight is 153 g/mol. The molecule has 0 aromatic carbocycles. The number of H-pyrrole nitrogens is 1. The van der Waals surface area contributed by atoms with Crippen LogP contribution in [0.1, 0.15) is 25.0 Å². The standard InChI is InChI=1S/C7H9NO.C2H6/c1-5-3-6(2)7(9)8-4-5;1-2/h3-4H,1-2H3,(H,8,9);1-2H3. The van der Waals surface area contributed by atoms with Gasteiger partial charge in [-0.05, 0) is 25.5 Å². The molecule has 0 unspecified atom stereocenters. The van der Waals surface area contributed by atoms with Crippen molar-refractivity contribution in [2.24, 2.45) is 0 Å². The van der Waals surface area contributed by atoms with Crippen molar-refractivity contribution in [3.05, 3.63) is 33.7 Å². The molecule has 0 aliphatic rings. The molecule has 0 amide bonds. The minimum Gasteiger partial charge on any atom is -0.329 e. The van der Waals surface area contributed by atoms with Crippen LogP contribution in [0.15, 0.2) is 17.1 Å². The number of hydrogen-bond acceptors (Lipinski definition) is 1. The molecular formula is C9H15NO. The molecule has 1 N–H and O–H groups in total. The normalized spacial score (nSPS) is 8.36. The van der Waals surface area contributed by atoms with Gasteiger partial charge >= 0.3 is 0 Å². The lowest BCUT2D eigenvalue weighted by Gasteiger charge is -1.91. The van der Waals surface area contributed by atoms with Crippen LogP contribution in [0.3, 0.4) is 0 Å². The molecule has 1 aromatic rings. The van der Waals surface area contributed by atoms with Gasteiger partial charge in [0.1, 0.15) is 0 Å². The Balaban J connectivity index is 0.000000461. The molecule has 2 nitrogen and oxygen atoms in total. The Bertz CT molecular complexity index is 263. The van der Waals surface area contributed by atoms with Gasteiger partial charge in [0.2, 0.25) is 0 Å². The molecule has 1 heterocycles. The van der Waals surface area contributed by atoms with E-state index in [1.807, 2.05) is 26.8 Å². The van der Waals surface area contributed by atoms with E-state index in [1.165, 1.54) is 0 Å². The summed E-state index contributed by atoms with van der Waals surface area (Å²) in [7, 11) is 0. The molecule has 1 rings (SSSR count). The first kappa shape index (κ1) is 9.95. The minimum atomic E-state index is 0.000556. The van der Waals surface area contributed by atoms with Gasteiger partial charge in [0.25, 0.3) is 5.56 Å². The van der Waals surface area contributed by atoms with Crippen molar-refractivity contribution >= 4 is 0 Å². The van der Waals surface area contributed by atoms with Gasteiger partial charge < -0.3 is 4.98 Å². The third-order valence-corrected chi connectivity index (χ3v) is 1.23. The second kappa shape index (κ2) is 4.72. The van der Waals surface area contributed by atoms with E-state index in [4.69, 9.17) is 0 Å². The summed E-state index contributed by atoms with van der Waals surface area (Å²) in [5.74, 6) is 0. The van der Waals surface area contributed by atoms with Crippen molar-refractivity contribution in [2.75, 3.05) is 0 Å². The predicted octanol–water partition coefficient (Wildman–Crippen LogP) is 2.02. The monoisotopic (exact) mass is 153 g/mol. The summed E-state index contributed by atoms with van der Waals surface area (Å²) in [6.45, 7) is 7.74. The molecule has 0 saturated heterocycles. The van der Waals surface area contributed by atoms with Gasteiger partial charge in [-0.1, -0.05) is 13.8 Å². The highest BCUT2D eigenvalue weighted by molar-refractivity contribution is 5.14. The molecule has 11 heavy (non-hydrogen) atoms. The molecule has 62 valence electrons. The highest BCUT2D eigenvalue weighted by Crippen LogP contribution is 1.92. The molecule has 0 aliphatic carbocycles. The molecule has 0 bridgehead atoms. The molecule has 1 aromatic heterocycles. The summed E-state index contributed by atoms with van der Waals surface area (Å²) in [6.07, 6.45) is 1.70. The summed E-state index contributed by atoms with van der Waals surface area (Å²) >= 11 is 0. The fourth-order valence-corrected chi connectivity index (χ4v) is 0.742. The Morgan fingerprint density at radius 1 is 1.27 bits per heavy atom. The quantitative estimate of drug-likeness (QED) is 0.607. The smallest absolute Gasteiger partial charge is 0.250 e. The predicted molar refractivity (Wildman–Crippen MR) is 47.9 cm³/mol. The van der Waals surface area contributed by atoms with E-state index in [9.17, 15) is 4.79 Å². The van der Waals surface area contributed by atoms with Gasteiger partial charge in [0.15, 0.2) is 0 Å². The lowest BCUT2D eigenvalue weighted by molar-refractivity contribution is 1.15. The van der Waals surface area contributed by atoms with Gasteiger partial charge in [-0.2, -0.15) is 0 Å². The van der Waals surface area contributed by atoms with Gasteiger partial charge in [0.05, 0.1) is 0 Å². The van der Waals surface area contributed by atoms with E-state index in [-0.39, 0.29) is 5.56 Å². The molecule has 2 heteroatoms. The molecule has 0 radical (unpaired) electrons. The Morgan fingerprint density at radius 2 is 1.82 bits per heavy atom. The van der Waals surface area contributed by atoms with Crippen LogP contribution in [0.2, 0.25) is 0 Å². The first-order valence-corrected chi connectivity index (χ1v) is 3.86. The van der Waals surface area contributed by atoms with Crippen molar-refractivity contribution in [3.63, 3.8) is 0 Å². The molecule has 0 aliphatic heterocycles. The number of hydrogen-bond donors (Lipinski definition) is 1. The van der Waals surface area contributed by atoms with E-state index >= 15 is 0 Å². The molecule has 0 spiro atoms. The van der Waals surface area contributed by atoms with Crippen LogP contribution >= 0.6 is 0 Å².